The van der Waals surface area contributed by atoms with E-state index in [2.05, 4.69) is 27.7 Å². The zero-order valence-electron chi connectivity index (χ0n) is 15.9. The molecule has 0 aromatic rings. The van der Waals surface area contributed by atoms with Gasteiger partial charge < -0.3 is 0 Å². The minimum absolute atomic E-state index is 0.557. The molecule has 0 unspecified atom stereocenters. The molecule has 126 valence electrons. The second-order valence-electron chi connectivity index (χ2n) is 8.82. The standard InChI is InChI=1S/C19H36.C2H6/c1-18(2,16-11-7-5-8-12-16)15-19(3,4)17-13-9-6-10-14-17;1-2/h16-17H,5-15H2,1-4H3;1-2H3. The number of rotatable bonds is 4. The third kappa shape index (κ3) is 5.61. The third-order valence-electron chi connectivity index (χ3n) is 6.33. The van der Waals surface area contributed by atoms with Crippen LogP contribution in [0, 0.1) is 22.7 Å². The van der Waals surface area contributed by atoms with E-state index in [9.17, 15) is 0 Å². The molecule has 0 spiro atoms. The highest BCUT2D eigenvalue weighted by molar-refractivity contribution is 4.90. The first-order valence-corrected chi connectivity index (χ1v) is 9.92. The van der Waals surface area contributed by atoms with Gasteiger partial charge in [0.2, 0.25) is 0 Å². The van der Waals surface area contributed by atoms with Gasteiger partial charge in [-0.1, -0.05) is 80.1 Å². The molecule has 2 aliphatic carbocycles. The normalized spacial score (nSPS) is 22.6. The van der Waals surface area contributed by atoms with Crippen molar-refractivity contribution in [3.05, 3.63) is 0 Å². The van der Waals surface area contributed by atoms with E-state index >= 15 is 0 Å². The van der Waals surface area contributed by atoms with Crippen molar-refractivity contribution in [1.82, 2.24) is 0 Å². The van der Waals surface area contributed by atoms with Crippen LogP contribution < -0.4 is 0 Å². The Morgan fingerprint density at radius 3 is 1.14 bits per heavy atom. The summed E-state index contributed by atoms with van der Waals surface area (Å²) in [6, 6.07) is 0. The average Bonchev–Trinajstić information content (AvgIpc) is 2.50. The molecule has 0 saturated heterocycles. The first-order chi connectivity index (χ1) is 9.92. The van der Waals surface area contributed by atoms with Crippen LogP contribution in [0.3, 0.4) is 0 Å². The van der Waals surface area contributed by atoms with Crippen LogP contribution >= 0.6 is 0 Å². The fraction of sp³-hybridized carbons (Fsp3) is 1.00. The average molecular weight is 295 g/mol. The fourth-order valence-corrected chi connectivity index (χ4v) is 5.23. The maximum atomic E-state index is 2.56. The minimum atomic E-state index is 0.557. The molecule has 2 rings (SSSR count). The summed E-state index contributed by atoms with van der Waals surface area (Å²) < 4.78 is 0. The first kappa shape index (κ1) is 19.0. The Balaban J connectivity index is 0.00000106. The molecular formula is C21H42. The first-order valence-electron chi connectivity index (χ1n) is 9.92. The van der Waals surface area contributed by atoms with E-state index in [0.29, 0.717) is 10.8 Å². The van der Waals surface area contributed by atoms with E-state index in [1.807, 2.05) is 13.8 Å². The summed E-state index contributed by atoms with van der Waals surface area (Å²) in [6.45, 7) is 14.3. The molecule has 0 aromatic carbocycles. The lowest BCUT2D eigenvalue weighted by atomic mass is 9.59. The van der Waals surface area contributed by atoms with Crippen LogP contribution in [0.1, 0.15) is 112 Å². The van der Waals surface area contributed by atoms with Crippen LogP contribution in [0.2, 0.25) is 0 Å². The van der Waals surface area contributed by atoms with Gasteiger partial charge in [-0.25, -0.2) is 0 Å². The largest absolute Gasteiger partial charge is 0.0683 e. The van der Waals surface area contributed by atoms with E-state index in [1.165, 1.54) is 70.6 Å². The van der Waals surface area contributed by atoms with E-state index < -0.39 is 0 Å². The molecule has 0 aromatic heterocycles. The second kappa shape index (κ2) is 8.59. The minimum Gasteiger partial charge on any atom is -0.0683 e. The smallest absolute Gasteiger partial charge is 0.0321 e. The SMILES string of the molecule is CC.CC(C)(CC(C)(C)C1CCCCC1)C1CCCCC1. The molecule has 0 nitrogen and oxygen atoms in total. The molecule has 0 N–H and O–H groups in total. The van der Waals surface area contributed by atoms with Crippen LogP contribution in [-0.2, 0) is 0 Å². The highest BCUT2D eigenvalue weighted by Crippen LogP contribution is 2.50. The van der Waals surface area contributed by atoms with Gasteiger partial charge in [0.1, 0.15) is 0 Å². The summed E-state index contributed by atoms with van der Waals surface area (Å²) in [5.74, 6) is 1.98. The van der Waals surface area contributed by atoms with Crippen LogP contribution in [0.25, 0.3) is 0 Å². The summed E-state index contributed by atoms with van der Waals surface area (Å²) in [5, 5.41) is 0. The van der Waals surface area contributed by atoms with Crippen molar-refractivity contribution in [3.63, 3.8) is 0 Å². The topological polar surface area (TPSA) is 0 Å². The van der Waals surface area contributed by atoms with E-state index in [1.54, 1.807) is 0 Å². The van der Waals surface area contributed by atoms with Crippen molar-refractivity contribution in [2.45, 2.75) is 112 Å². The van der Waals surface area contributed by atoms with Gasteiger partial charge in [0.05, 0.1) is 0 Å². The molecule has 21 heavy (non-hydrogen) atoms. The molecule has 0 bridgehead atoms. The van der Waals surface area contributed by atoms with Crippen molar-refractivity contribution in [1.29, 1.82) is 0 Å². The van der Waals surface area contributed by atoms with Crippen LogP contribution in [-0.4, -0.2) is 0 Å². The van der Waals surface area contributed by atoms with Crippen molar-refractivity contribution >= 4 is 0 Å². The Bertz CT molecular complexity index is 234. The Morgan fingerprint density at radius 2 is 0.857 bits per heavy atom. The van der Waals surface area contributed by atoms with Crippen molar-refractivity contribution in [3.8, 4) is 0 Å². The molecule has 2 fully saturated rings. The zero-order chi connectivity index (χ0) is 15.9. The van der Waals surface area contributed by atoms with Crippen LogP contribution in [0.5, 0.6) is 0 Å². The van der Waals surface area contributed by atoms with Crippen molar-refractivity contribution < 1.29 is 0 Å². The predicted octanol–water partition coefficient (Wildman–Crippen LogP) is 7.62. The lowest BCUT2D eigenvalue weighted by molar-refractivity contribution is 0.0449. The summed E-state index contributed by atoms with van der Waals surface area (Å²) in [6.07, 6.45) is 16.3. The van der Waals surface area contributed by atoms with Gasteiger partial charge >= 0.3 is 0 Å². The quantitative estimate of drug-likeness (QED) is 0.500. The van der Waals surface area contributed by atoms with E-state index in [4.69, 9.17) is 0 Å². The Kier molecular flexibility index (Phi) is 7.79. The Labute approximate surface area is 135 Å². The van der Waals surface area contributed by atoms with Crippen molar-refractivity contribution in [2.75, 3.05) is 0 Å². The molecule has 2 saturated carbocycles. The molecule has 0 aliphatic heterocycles. The van der Waals surface area contributed by atoms with Crippen LogP contribution in [0.4, 0.5) is 0 Å². The molecule has 0 radical (unpaired) electrons. The number of hydrogen-bond donors (Lipinski definition) is 0. The summed E-state index contributed by atoms with van der Waals surface area (Å²) >= 11 is 0. The molecular weight excluding hydrogens is 252 g/mol. The number of hydrogen-bond acceptors (Lipinski definition) is 0. The van der Waals surface area contributed by atoms with Gasteiger partial charge in [-0.3, -0.25) is 0 Å². The van der Waals surface area contributed by atoms with Crippen molar-refractivity contribution in [2.24, 2.45) is 22.7 Å². The lowest BCUT2D eigenvalue weighted by Gasteiger charge is -2.46. The van der Waals surface area contributed by atoms with Gasteiger partial charge in [-0.15, -0.1) is 0 Å². The van der Waals surface area contributed by atoms with Gasteiger partial charge in [-0.05, 0) is 54.8 Å². The fourth-order valence-electron chi connectivity index (χ4n) is 5.23. The zero-order valence-corrected chi connectivity index (χ0v) is 15.9. The van der Waals surface area contributed by atoms with E-state index in [-0.39, 0.29) is 0 Å². The van der Waals surface area contributed by atoms with E-state index in [0.717, 1.165) is 11.8 Å². The highest BCUT2D eigenvalue weighted by Gasteiger charge is 2.39. The van der Waals surface area contributed by atoms with Gasteiger partial charge in [0.15, 0.2) is 0 Å². The highest BCUT2D eigenvalue weighted by atomic mass is 14.4. The Morgan fingerprint density at radius 1 is 0.571 bits per heavy atom. The van der Waals surface area contributed by atoms with Gasteiger partial charge in [-0.2, -0.15) is 0 Å². The summed E-state index contributed by atoms with van der Waals surface area (Å²) in [5.41, 5.74) is 1.11. The maximum Gasteiger partial charge on any atom is -0.0321 e. The second-order valence-corrected chi connectivity index (χ2v) is 8.82. The maximum absolute atomic E-state index is 2.56. The molecule has 0 amide bonds. The predicted molar refractivity (Wildman–Crippen MR) is 96.7 cm³/mol. The van der Waals surface area contributed by atoms with Gasteiger partial charge in [0.25, 0.3) is 0 Å². The molecule has 2 aliphatic rings. The summed E-state index contributed by atoms with van der Waals surface area (Å²) in [7, 11) is 0. The Hall–Kier alpha value is 0. The van der Waals surface area contributed by atoms with Crippen LogP contribution in [0.15, 0.2) is 0 Å². The monoisotopic (exact) mass is 294 g/mol. The third-order valence-corrected chi connectivity index (χ3v) is 6.33. The van der Waals surface area contributed by atoms with Gasteiger partial charge in [0, 0.05) is 0 Å². The summed E-state index contributed by atoms with van der Waals surface area (Å²) in [4.78, 5) is 0. The lowest BCUT2D eigenvalue weighted by Crippen LogP contribution is -2.36. The molecule has 0 atom stereocenters. The molecule has 0 heteroatoms. The molecule has 0 heterocycles.